The molecule has 5 nitrogen and oxygen atoms in total. The third kappa shape index (κ3) is 3.44. The standard InChI is InChI=1S/C13H11ClN2O3S/c1-7(6-15)19-12(17)5-11-13(18)16-9-4-8(14)2-3-10(9)20-11/h2-4,7,11H,5H2,1H3,(H,16,18). The molecule has 7 heteroatoms. The molecule has 20 heavy (non-hydrogen) atoms. The van der Waals surface area contributed by atoms with E-state index in [1.807, 2.05) is 0 Å². The molecular formula is C13H11ClN2O3S. The molecule has 1 N–H and O–H groups in total. The molecule has 0 aromatic heterocycles. The number of hydrogen-bond donors (Lipinski definition) is 1. The van der Waals surface area contributed by atoms with E-state index in [1.165, 1.54) is 18.7 Å². The van der Waals surface area contributed by atoms with Crippen LogP contribution in [-0.4, -0.2) is 23.2 Å². The predicted octanol–water partition coefficient (Wildman–Crippen LogP) is 2.60. The smallest absolute Gasteiger partial charge is 0.308 e. The maximum Gasteiger partial charge on any atom is 0.308 e. The van der Waals surface area contributed by atoms with E-state index in [2.05, 4.69) is 5.32 Å². The molecule has 2 rings (SSSR count). The first-order valence-corrected chi connectivity index (χ1v) is 7.11. The maximum atomic E-state index is 11.9. The van der Waals surface area contributed by atoms with Gasteiger partial charge in [0.1, 0.15) is 6.07 Å². The average molecular weight is 311 g/mol. The first kappa shape index (κ1) is 14.7. The van der Waals surface area contributed by atoms with Crippen LogP contribution in [0.15, 0.2) is 23.1 Å². The molecule has 1 aromatic carbocycles. The van der Waals surface area contributed by atoms with Crippen molar-refractivity contribution in [3.8, 4) is 6.07 Å². The van der Waals surface area contributed by atoms with Crippen LogP contribution in [0.25, 0.3) is 0 Å². The van der Waals surface area contributed by atoms with Crippen molar-refractivity contribution in [3.05, 3.63) is 23.2 Å². The summed E-state index contributed by atoms with van der Waals surface area (Å²) in [6.07, 6.45) is -0.893. The predicted molar refractivity (Wildman–Crippen MR) is 75.5 cm³/mol. The third-order valence-corrected chi connectivity index (χ3v) is 4.11. The number of ether oxygens (including phenoxy) is 1. The van der Waals surface area contributed by atoms with Crippen molar-refractivity contribution in [1.82, 2.24) is 0 Å². The summed E-state index contributed by atoms with van der Waals surface area (Å²) in [7, 11) is 0. The quantitative estimate of drug-likeness (QED) is 0.868. The fraction of sp³-hybridized carbons (Fsp3) is 0.308. The van der Waals surface area contributed by atoms with E-state index >= 15 is 0 Å². The lowest BCUT2D eigenvalue weighted by Crippen LogP contribution is -2.32. The molecule has 0 aliphatic carbocycles. The van der Waals surface area contributed by atoms with Gasteiger partial charge in [-0.3, -0.25) is 9.59 Å². The van der Waals surface area contributed by atoms with Gasteiger partial charge in [0.2, 0.25) is 5.91 Å². The average Bonchev–Trinajstić information content (AvgIpc) is 2.39. The molecule has 0 radical (unpaired) electrons. The highest BCUT2D eigenvalue weighted by atomic mass is 35.5. The number of thioether (sulfide) groups is 1. The molecule has 0 saturated carbocycles. The second-order valence-corrected chi connectivity index (χ2v) is 5.88. The second kappa shape index (κ2) is 6.16. The molecule has 0 bridgehead atoms. The highest BCUT2D eigenvalue weighted by Crippen LogP contribution is 2.38. The number of carbonyl (C=O) groups excluding carboxylic acids is 2. The molecule has 0 saturated heterocycles. The molecule has 0 fully saturated rings. The molecule has 1 aromatic rings. The molecule has 1 aliphatic rings. The number of carbonyl (C=O) groups is 2. The van der Waals surface area contributed by atoms with Gasteiger partial charge in [-0.2, -0.15) is 5.26 Å². The zero-order chi connectivity index (χ0) is 14.7. The molecule has 1 heterocycles. The highest BCUT2D eigenvalue weighted by Gasteiger charge is 2.30. The number of anilines is 1. The number of nitrogens with zero attached hydrogens (tertiary/aromatic N) is 1. The van der Waals surface area contributed by atoms with Crippen LogP contribution in [0.1, 0.15) is 13.3 Å². The molecule has 2 atom stereocenters. The lowest BCUT2D eigenvalue weighted by Gasteiger charge is -2.23. The van der Waals surface area contributed by atoms with Crippen LogP contribution in [0, 0.1) is 11.3 Å². The Morgan fingerprint density at radius 2 is 2.40 bits per heavy atom. The van der Waals surface area contributed by atoms with Gasteiger partial charge in [0.05, 0.1) is 17.4 Å². The Balaban J connectivity index is 2.05. The highest BCUT2D eigenvalue weighted by molar-refractivity contribution is 8.01. The van der Waals surface area contributed by atoms with Crippen LogP contribution < -0.4 is 5.32 Å². The second-order valence-electron chi connectivity index (χ2n) is 4.20. The van der Waals surface area contributed by atoms with E-state index in [9.17, 15) is 9.59 Å². The van der Waals surface area contributed by atoms with Gasteiger partial charge in [0.15, 0.2) is 6.10 Å². The summed E-state index contributed by atoms with van der Waals surface area (Å²) in [5, 5.41) is 11.2. The topological polar surface area (TPSA) is 79.2 Å². The van der Waals surface area contributed by atoms with Crippen LogP contribution in [0.3, 0.4) is 0 Å². The summed E-state index contributed by atoms with van der Waals surface area (Å²) < 4.78 is 4.84. The Hall–Kier alpha value is -1.71. The number of amides is 1. The molecular weight excluding hydrogens is 300 g/mol. The zero-order valence-electron chi connectivity index (χ0n) is 10.6. The van der Waals surface area contributed by atoms with Crippen molar-refractivity contribution in [2.45, 2.75) is 29.6 Å². The fourth-order valence-electron chi connectivity index (χ4n) is 1.68. The van der Waals surface area contributed by atoms with Crippen LogP contribution >= 0.6 is 23.4 Å². The Bertz CT molecular complexity index is 600. The van der Waals surface area contributed by atoms with Crippen LogP contribution in [-0.2, 0) is 14.3 Å². The minimum atomic E-state index is -0.815. The van der Waals surface area contributed by atoms with E-state index in [0.717, 1.165) is 4.90 Å². The zero-order valence-corrected chi connectivity index (χ0v) is 12.1. The normalized spacial score (nSPS) is 18.4. The summed E-state index contributed by atoms with van der Waals surface area (Å²) in [6, 6.07) is 6.97. The summed E-state index contributed by atoms with van der Waals surface area (Å²) in [6.45, 7) is 1.48. The summed E-state index contributed by atoms with van der Waals surface area (Å²) >= 11 is 7.14. The number of benzene rings is 1. The van der Waals surface area contributed by atoms with Gasteiger partial charge in [-0.25, -0.2) is 0 Å². The summed E-state index contributed by atoms with van der Waals surface area (Å²) in [5.74, 6) is -0.838. The summed E-state index contributed by atoms with van der Waals surface area (Å²) in [5.41, 5.74) is 0.641. The number of nitrogens with one attached hydrogen (secondary N) is 1. The Morgan fingerprint density at radius 3 is 3.10 bits per heavy atom. The molecule has 1 aliphatic heterocycles. The van der Waals surface area contributed by atoms with Crippen molar-refractivity contribution < 1.29 is 14.3 Å². The van der Waals surface area contributed by atoms with Gasteiger partial charge in [-0.05, 0) is 25.1 Å². The van der Waals surface area contributed by atoms with E-state index in [1.54, 1.807) is 24.3 Å². The number of rotatable bonds is 3. The lowest BCUT2D eigenvalue weighted by molar-refractivity contribution is -0.146. The van der Waals surface area contributed by atoms with Crippen LogP contribution in [0.4, 0.5) is 5.69 Å². The van der Waals surface area contributed by atoms with Crippen molar-refractivity contribution in [1.29, 1.82) is 5.26 Å². The van der Waals surface area contributed by atoms with E-state index < -0.39 is 17.3 Å². The molecule has 2 unspecified atom stereocenters. The van der Waals surface area contributed by atoms with E-state index in [4.69, 9.17) is 21.6 Å². The molecule has 0 spiro atoms. The van der Waals surface area contributed by atoms with Gasteiger partial charge >= 0.3 is 5.97 Å². The number of fused-ring (bicyclic) bond motifs is 1. The van der Waals surface area contributed by atoms with Gasteiger partial charge in [-0.15, -0.1) is 11.8 Å². The monoisotopic (exact) mass is 310 g/mol. The van der Waals surface area contributed by atoms with Gasteiger partial charge in [0, 0.05) is 9.92 Å². The van der Waals surface area contributed by atoms with E-state index in [-0.39, 0.29) is 12.3 Å². The largest absolute Gasteiger partial charge is 0.447 e. The minimum absolute atomic E-state index is 0.0788. The first-order valence-electron chi connectivity index (χ1n) is 5.86. The van der Waals surface area contributed by atoms with Crippen molar-refractivity contribution in [2.24, 2.45) is 0 Å². The SMILES string of the molecule is CC(C#N)OC(=O)CC1Sc2ccc(Cl)cc2NC1=O. The fourth-order valence-corrected chi connectivity index (χ4v) is 2.93. The minimum Gasteiger partial charge on any atom is -0.447 e. The first-order chi connectivity index (χ1) is 9.49. The number of hydrogen-bond acceptors (Lipinski definition) is 5. The number of halogens is 1. The van der Waals surface area contributed by atoms with Gasteiger partial charge in [0.25, 0.3) is 0 Å². The molecule has 1 amide bonds. The van der Waals surface area contributed by atoms with E-state index in [0.29, 0.717) is 10.7 Å². The number of esters is 1. The third-order valence-electron chi connectivity index (χ3n) is 2.60. The maximum absolute atomic E-state index is 11.9. The molecule has 104 valence electrons. The van der Waals surface area contributed by atoms with Crippen molar-refractivity contribution >= 4 is 40.9 Å². The lowest BCUT2D eigenvalue weighted by atomic mass is 10.2. The summed E-state index contributed by atoms with van der Waals surface area (Å²) in [4.78, 5) is 24.4. The van der Waals surface area contributed by atoms with Gasteiger partial charge < -0.3 is 10.1 Å². The Morgan fingerprint density at radius 1 is 1.65 bits per heavy atom. The van der Waals surface area contributed by atoms with Crippen molar-refractivity contribution in [3.63, 3.8) is 0 Å². The Labute approximate surface area is 125 Å². The van der Waals surface area contributed by atoms with Crippen molar-refractivity contribution in [2.75, 3.05) is 5.32 Å². The number of nitriles is 1. The van der Waals surface area contributed by atoms with Crippen LogP contribution in [0.5, 0.6) is 0 Å². The van der Waals surface area contributed by atoms with Crippen LogP contribution in [0.2, 0.25) is 5.02 Å². The Kier molecular flexibility index (Phi) is 4.53. The van der Waals surface area contributed by atoms with Gasteiger partial charge in [-0.1, -0.05) is 11.6 Å².